The molecule has 2 rings (SSSR count). The lowest BCUT2D eigenvalue weighted by Crippen LogP contribution is -2.42. The molecule has 0 saturated carbocycles. The molecule has 1 fully saturated rings. The number of rotatable bonds is 3. The Labute approximate surface area is 114 Å². The van der Waals surface area contributed by atoms with Crippen LogP contribution in [0.5, 0.6) is 0 Å². The van der Waals surface area contributed by atoms with Crippen molar-refractivity contribution in [2.45, 2.75) is 17.7 Å². The zero-order valence-corrected chi connectivity index (χ0v) is 11.6. The van der Waals surface area contributed by atoms with Gasteiger partial charge >= 0.3 is 5.97 Å². The molecule has 1 aliphatic heterocycles. The Morgan fingerprint density at radius 3 is 2.95 bits per heavy atom. The monoisotopic (exact) mass is 300 g/mol. The number of carboxylic acids is 1. The van der Waals surface area contributed by atoms with E-state index in [1.54, 1.807) is 5.38 Å². The Kier molecular flexibility index (Phi) is 3.89. The number of carbonyl (C=O) groups is 1. The third kappa shape index (κ3) is 2.63. The summed E-state index contributed by atoms with van der Waals surface area (Å²) in [5, 5.41) is 19.4. The van der Waals surface area contributed by atoms with E-state index in [2.05, 4.69) is 0 Å². The van der Waals surface area contributed by atoms with E-state index in [9.17, 15) is 13.2 Å². The Morgan fingerprint density at radius 2 is 2.32 bits per heavy atom. The van der Waals surface area contributed by atoms with Gasteiger partial charge in [0.25, 0.3) is 0 Å². The van der Waals surface area contributed by atoms with Gasteiger partial charge in [0.2, 0.25) is 10.0 Å². The molecule has 1 unspecified atom stereocenters. The van der Waals surface area contributed by atoms with Crippen LogP contribution in [-0.4, -0.2) is 36.9 Å². The molecule has 0 aromatic carbocycles. The second kappa shape index (κ2) is 5.28. The normalized spacial score (nSPS) is 20.9. The van der Waals surface area contributed by atoms with Gasteiger partial charge in [0.15, 0.2) is 0 Å². The third-order valence-electron chi connectivity index (χ3n) is 3.08. The highest BCUT2D eigenvalue weighted by atomic mass is 32.2. The van der Waals surface area contributed by atoms with Crippen LogP contribution in [0.2, 0.25) is 0 Å². The highest BCUT2D eigenvalue weighted by Gasteiger charge is 2.34. The molecule has 0 radical (unpaired) electrons. The maximum atomic E-state index is 12.4. The number of piperidine rings is 1. The number of hydrogen-bond acceptors (Lipinski definition) is 5. The summed E-state index contributed by atoms with van der Waals surface area (Å²) >= 11 is 1.06. The third-order valence-corrected chi connectivity index (χ3v) is 5.94. The Balaban J connectivity index is 2.30. The van der Waals surface area contributed by atoms with Crippen LogP contribution in [-0.2, 0) is 14.8 Å². The lowest BCUT2D eigenvalue weighted by Gasteiger charge is -2.29. The predicted octanol–water partition coefficient (Wildman–Crippen LogP) is 1.11. The smallest absolute Gasteiger partial charge is 0.307 e. The first-order valence-electron chi connectivity index (χ1n) is 5.67. The molecule has 1 N–H and O–H groups in total. The molecule has 2 heterocycles. The van der Waals surface area contributed by atoms with Crippen LogP contribution in [0.25, 0.3) is 0 Å². The first kappa shape index (κ1) is 14.0. The molecule has 0 amide bonds. The fourth-order valence-electron chi connectivity index (χ4n) is 2.08. The van der Waals surface area contributed by atoms with Crippen molar-refractivity contribution in [3.05, 3.63) is 16.3 Å². The van der Waals surface area contributed by atoms with Crippen molar-refractivity contribution >= 4 is 27.3 Å². The minimum Gasteiger partial charge on any atom is -0.481 e. The summed E-state index contributed by atoms with van der Waals surface area (Å²) in [6.45, 7) is 0.269. The fourth-order valence-corrected chi connectivity index (χ4v) is 4.75. The standard InChI is InChI=1S/C11H12N2O4S2/c12-6-9-10(3-5-18-9)19(16,17)13-4-1-2-8(7-13)11(14)15/h3,5,8H,1-2,4,7H2,(H,14,15). The maximum Gasteiger partial charge on any atom is 0.307 e. The number of hydrogen-bond donors (Lipinski definition) is 1. The van der Waals surface area contributed by atoms with Crippen LogP contribution in [0.15, 0.2) is 16.3 Å². The van der Waals surface area contributed by atoms with Gasteiger partial charge in [-0.15, -0.1) is 11.3 Å². The molecule has 1 aliphatic rings. The van der Waals surface area contributed by atoms with Crippen molar-refractivity contribution in [1.29, 1.82) is 5.26 Å². The van der Waals surface area contributed by atoms with Crippen molar-refractivity contribution in [3.63, 3.8) is 0 Å². The van der Waals surface area contributed by atoms with Crippen molar-refractivity contribution in [2.24, 2.45) is 5.92 Å². The summed E-state index contributed by atoms with van der Waals surface area (Å²) in [7, 11) is -3.77. The van der Waals surface area contributed by atoms with Crippen LogP contribution >= 0.6 is 11.3 Å². The molecule has 1 aromatic rings. The largest absolute Gasteiger partial charge is 0.481 e. The molecule has 102 valence electrons. The molecule has 0 bridgehead atoms. The van der Waals surface area contributed by atoms with E-state index in [1.165, 1.54) is 6.07 Å². The second-order valence-corrected chi connectivity index (χ2v) is 7.09. The van der Waals surface area contributed by atoms with Crippen LogP contribution < -0.4 is 0 Å². The zero-order chi connectivity index (χ0) is 14.0. The van der Waals surface area contributed by atoms with Gasteiger partial charge in [-0.3, -0.25) is 4.79 Å². The quantitative estimate of drug-likeness (QED) is 0.901. The summed E-state index contributed by atoms with van der Waals surface area (Å²) in [4.78, 5) is 11.1. The molecule has 1 aromatic heterocycles. The molecule has 0 spiro atoms. The lowest BCUT2D eigenvalue weighted by molar-refractivity contribution is -0.142. The summed E-state index contributed by atoms with van der Waals surface area (Å²) < 4.78 is 25.9. The van der Waals surface area contributed by atoms with E-state index >= 15 is 0 Å². The van der Waals surface area contributed by atoms with Crippen LogP contribution in [0, 0.1) is 17.2 Å². The minimum atomic E-state index is -3.77. The van der Waals surface area contributed by atoms with Crippen molar-refractivity contribution in [2.75, 3.05) is 13.1 Å². The molecule has 8 heteroatoms. The predicted molar refractivity (Wildman–Crippen MR) is 68.2 cm³/mol. The van der Waals surface area contributed by atoms with Crippen LogP contribution in [0.3, 0.4) is 0 Å². The Bertz CT molecular complexity index is 629. The SMILES string of the molecule is N#Cc1sccc1S(=O)(=O)N1CCCC(C(=O)O)C1. The average Bonchev–Trinajstić information content (AvgIpc) is 2.88. The molecular weight excluding hydrogens is 288 g/mol. The van der Waals surface area contributed by atoms with Gasteiger partial charge < -0.3 is 5.11 Å². The topological polar surface area (TPSA) is 98.5 Å². The van der Waals surface area contributed by atoms with E-state index in [-0.39, 0.29) is 16.3 Å². The summed E-state index contributed by atoms with van der Waals surface area (Å²) in [6.07, 6.45) is 0.998. The maximum absolute atomic E-state index is 12.4. The highest BCUT2D eigenvalue weighted by Crippen LogP contribution is 2.28. The number of sulfonamides is 1. The van der Waals surface area contributed by atoms with Gasteiger partial charge in [-0.05, 0) is 24.3 Å². The van der Waals surface area contributed by atoms with Crippen LogP contribution in [0.1, 0.15) is 17.7 Å². The van der Waals surface area contributed by atoms with Gasteiger partial charge in [0.1, 0.15) is 15.8 Å². The molecule has 0 aliphatic carbocycles. The van der Waals surface area contributed by atoms with Gasteiger partial charge in [-0.1, -0.05) is 0 Å². The van der Waals surface area contributed by atoms with E-state index < -0.39 is 21.9 Å². The highest BCUT2D eigenvalue weighted by molar-refractivity contribution is 7.89. The number of carboxylic acid groups (broad SMARTS) is 1. The lowest BCUT2D eigenvalue weighted by atomic mass is 10.0. The van der Waals surface area contributed by atoms with Crippen molar-refractivity contribution in [1.82, 2.24) is 4.31 Å². The molecular formula is C11H12N2O4S2. The summed E-state index contributed by atoms with van der Waals surface area (Å²) in [5.74, 6) is -1.65. The number of nitriles is 1. The fraction of sp³-hybridized carbons (Fsp3) is 0.455. The van der Waals surface area contributed by atoms with E-state index in [4.69, 9.17) is 10.4 Å². The molecule has 6 nitrogen and oxygen atoms in total. The first-order chi connectivity index (χ1) is 8.96. The average molecular weight is 300 g/mol. The van der Waals surface area contributed by atoms with Crippen LogP contribution in [0.4, 0.5) is 0 Å². The minimum absolute atomic E-state index is 0.0222. The number of aliphatic carboxylic acids is 1. The van der Waals surface area contributed by atoms with E-state index in [0.29, 0.717) is 19.4 Å². The Morgan fingerprint density at radius 1 is 1.58 bits per heavy atom. The van der Waals surface area contributed by atoms with Crippen molar-refractivity contribution in [3.8, 4) is 6.07 Å². The Hall–Kier alpha value is -1.43. The zero-order valence-electron chi connectivity index (χ0n) is 9.94. The molecule has 19 heavy (non-hydrogen) atoms. The summed E-state index contributed by atoms with van der Waals surface area (Å²) in [5.41, 5.74) is 0. The van der Waals surface area contributed by atoms with Gasteiger partial charge in [-0.2, -0.15) is 9.57 Å². The van der Waals surface area contributed by atoms with Crippen molar-refractivity contribution < 1.29 is 18.3 Å². The van der Waals surface area contributed by atoms with E-state index in [0.717, 1.165) is 15.6 Å². The van der Waals surface area contributed by atoms with Gasteiger partial charge in [0.05, 0.1) is 5.92 Å². The van der Waals surface area contributed by atoms with Gasteiger partial charge in [0, 0.05) is 13.1 Å². The number of nitrogens with zero attached hydrogens (tertiary/aromatic N) is 2. The number of thiophene rings is 1. The molecule has 1 saturated heterocycles. The summed E-state index contributed by atoms with van der Waals surface area (Å²) in [6, 6.07) is 3.24. The van der Waals surface area contributed by atoms with Gasteiger partial charge in [-0.25, -0.2) is 8.42 Å². The van der Waals surface area contributed by atoms with E-state index in [1.807, 2.05) is 6.07 Å². The molecule has 1 atom stereocenters. The second-order valence-electron chi connectivity index (χ2n) is 4.27. The first-order valence-corrected chi connectivity index (χ1v) is 7.99.